The molecule has 0 spiro atoms. The molecule has 7 heteroatoms. The highest BCUT2D eigenvalue weighted by Gasteiger charge is 2.24. The van der Waals surface area contributed by atoms with Crippen LogP contribution in [0.4, 0.5) is 0 Å². The number of carbonyl (C=O) groups excluding carboxylic acids is 1. The van der Waals surface area contributed by atoms with E-state index < -0.39 is 0 Å². The lowest BCUT2D eigenvalue weighted by Crippen LogP contribution is -2.22. The number of benzene rings is 1. The SMILES string of the molecule is COc1c(C)n(C(C)=O)c2c1ccc1c2no[n+]1[O-]. The van der Waals surface area contributed by atoms with E-state index >= 15 is 0 Å². The topological polar surface area (TPSA) is 84.2 Å². The monoisotopic (exact) mass is 261 g/mol. The normalized spacial score (nSPS) is 11.3. The van der Waals surface area contributed by atoms with Crippen molar-refractivity contribution in [3.8, 4) is 5.75 Å². The first-order valence-corrected chi connectivity index (χ1v) is 5.64. The first-order chi connectivity index (χ1) is 9.06. The van der Waals surface area contributed by atoms with Crippen LogP contribution in [0.5, 0.6) is 5.75 Å². The molecule has 98 valence electrons. The van der Waals surface area contributed by atoms with Crippen LogP contribution in [0, 0.1) is 12.1 Å². The number of carbonyl (C=O) groups is 1. The molecule has 0 saturated heterocycles. The number of rotatable bonds is 1. The Morgan fingerprint density at radius 3 is 2.89 bits per heavy atom. The minimum atomic E-state index is -0.182. The molecule has 0 unspecified atom stereocenters. The van der Waals surface area contributed by atoms with Crippen LogP contribution in [0.25, 0.3) is 21.9 Å². The van der Waals surface area contributed by atoms with Gasteiger partial charge in [-0.15, -0.1) is 0 Å². The van der Waals surface area contributed by atoms with Gasteiger partial charge in [-0.1, -0.05) is 0 Å². The minimum absolute atomic E-state index is 0.182. The van der Waals surface area contributed by atoms with Crippen LogP contribution in [0.1, 0.15) is 17.4 Å². The van der Waals surface area contributed by atoms with Crippen LogP contribution in [0.3, 0.4) is 0 Å². The average Bonchev–Trinajstić information content (AvgIpc) is 2.87. The molecule has 0 aliphatic carbocycles. The van der Waals surface area contributed by atoms with Crippen molar-refractivity contribution in [2.24, 2.45) is 0 Å². The molecule has 0 fully saturated rings. The Labute approximate surface area is 107 Å². The van der Waals surface area contributed by atoms with Gasteiger partial charge >= 0.3 is 0 Å². The van der Waals surface area contributed by atoms with Gasteiger partial charge in [0.15, 0.2) is 0 Å². The Morgan fingerprint density at radius 1 is 1.53 bits per heavy atom. The third-order valence-electron chi connectivity index (χ3n) is 3.18. The van der Waals surface area contributed by atoms with E-state index in [-0.39, 0.29) is 11.4 Å². The quantitative estimate of drug-likeness (QED) is 0.618. The van der Waals surface area contributed by atoms with Crippen LogP contribution >= 0.6 is 0 Å². The molecule has 0 aliphatic rings. The predicted molar refractivity (Wildman–Crippen MR) is 66.1 cm³/mol. The van der Waals surface area contributed by atoms with Crippen molar-refractivity contribution in [3.05, 3.63) is 23.0 Å². The van der Waals surface area contributed by atoms with Crippen LogP contribution in [-0.2, 0) is 0 Å². The lowest BCUT2D eigenvalue weighted by molar-refractivity contribution is -0.782. The number of methoxy groups -OCH3 is 1. The maximum absolute atomic E-state index is 11.8. The summed E-state index contributed by atoms with van der Waals surface area (Å²) in [7, 11) is 1.53. The van der Waals surface area contributed by atoms with Gasteiger partial charge in [-0.2, -0.15) is 0 Å². The van der Waals surface area contributed by atoms with Crippen molar-refractivity contribution >= 4 is 27.8 Å². The summed E-state index contributed by atoms with van der Waals surface area (Å²) in [5.74, 6) is 0.409. The summed E-state index contributed by atoms with van der Waals surface area (Å²) in [5.41, 5.74) is 1.81. The number of hydrogen-bond acceptors (Lipinski definition) is 5. The molecular formula is C12H11N3O4. The summed E-state index contributed by atoms with van der Waals surface area (Å²) in [6.45, 7) is 3.22. The molecule has 3 rings (SSSR count). The van der Waals surface area contributed by atoms with Crippen molar-refractivity contribution in [3.63, 3.8) is 0 Å². The minimum Gasteiger partial charge on any atom is -0.494 e. The second-order valence-corrected chi connectivity index (χ2v) is 4.23. The van der Waals surface area contributed by atoms with E-state index in [1.165, 1.54) is 18.6 Å². The molecule has 7 nitrogen and oxygen atoms in total. The van der Waals surface area contributed by atoms with Crippen molar-refractivity contribution in [2.75, 3.05) is 7.11 Å². The van der Waals surface area contributed by atoms with E-state index in [1.54, 1.807) is 19.1 Å². The van der Waals surface area contributed by atoms with E-state index in [9.17, 15) is 10.0 Å². The van der Waals surface area contributed by atoms with Gasteiger partial charge in [0.25, 0.3) is 5.52 Å². The Bertz CT molecular complexity index is 815. The van der Waals surface area contributed by atoms with Gasteiger partial charge in [0.2, 0.25) is 11.4 Å². The lowest BCUT2D eigenvalue weighted by atomic mass is 10.2. The standard InChI is InChI=1S/C12H11N3O4/c1-6-12(18-3)8-4-5-9-10(13-19-15(9)17)11(8)14(6)7(2)16/h4-5H,1-3H3. The zero-order valence-electron chi connectivity index (χ0n) is 10.6. The van der Waals surface area contributed by atoms with Crippen molar-refractivity contribution < 1.29 is 19.1 Å². The van der Waals surface area contributed by atoms with Gasteiger partial charge in [-0.3, -0.25) is 14.0 Å². The van der Waals surface area contributed by atoms with Crippen LogP contribution in [0.15, 0.2) is 16.8 Å². The molecular weight excluding hydrogens is 250 g/mol. The fraction of sp³-hybridized carbons (Fsp3) is 0.250. The Kier molecular flexibility index (Phi) is 2.25. The number of nitrogens with zero attached hydrogens (tertiary/aromatic N) is 3. The molecule has 0 saturated carbocycles. The van der Waals surface area contributed by atoms with E-state index in [0.717, 1.165) is 5.39 Å². The van der Waals surface area contributed by atoms with Crippen LogP contribution < -0.4 is 9.64 Å². The third-order valence-corrected chi connectivity index (χ3v) is 3.18. The van der Waals surface area contributed by atoms with Gasteiger partial charge in [0.05, 0.1) is 12.8 Å². The van der Waals surface area contributed by atoms with Crippen LogP contribution in [0.2, 0.25) is 0 Å². The second-order valence-electron chi connectivity index (χ2n) is 4.23. The number of ether oxygens (including phenoxy) is 1. The summed E-state index contributed by atoms with van der Waals surface area (Å²) in [4.78, 5) is 12.1. The first-order valence-electron chi connectivity index (χ1n) is 5.64. The van der Waals surface area contributed by atoms with E-state index in [2.05, 4.69) is 9.79 Å². The molecule has 2 heterocycles. The fourth-order valence-electron chi connectivity index (χ4n) is 2.45. The lowest BCUT2D eigenvalue weighted by Gasteiger charge is -2.01. The molecule has 1 aromatic carbocycles. The molecule has 0 atom stereocenters. The number of fused-ring (bicyclic) bond motifs is 3. The summed E-state index contributed by atoms with van der Waals surface area (Å²) < 4.78 is 11.4. The predicted octanol–water partition coefficient (Wildman–Crippen LogP) is 1.39. The first kappa shape index (κ1) is 11.5. The van der Waals surface area contributed by atoms with Crippen molar-refractivity contribution in [2.45, 2.75) is 13.8 Å². The highest BCUT2D eigenvalue weighted by Crippen LogP contribution is 2.35. The molecule has 0 amide bonds. The van der Waals surface area contributed by atoms with Gasteiger partial charge < -0.3 is 9.94 Å². The Hall–Kier alpha value is -2.57. The Balaban J connectivity index is 2.61. The molecule has 0 radical (unpaired) electrons. The van der Waals surface area contributed by atoms with Gasteiger partial charge in [0.1, 0.15) is 11.3 Å². The fourth-order valence-corrected chi connectivity index (χ4v) is 2.45. The maximum atomic E-state index is 11.8. The van der Waals surface area contributed by atoms with Crippen molar-refractivity contribution in [1.82, 2.24) is 9.72 Å². The van der Waals surface area contributed by atoms with Crippen LogP contribution in [-0.4, -0.2) is 22.7 Å². The van der Waals surface area contributed by atoms with Crippen molar-refractivity contribution in [1.29, 1.82) is 0 Å². The number of hydrogen-bond donors (Lipinski definition) is 0. The molecule has 0 bridgehead atoms. The zero-order chi connectivity index (χ0) is 13.7. The molecule has 3 aromatic rings. The zero-order valence-corrected chi connectivity index (χ0v) is 10.6. The molecule has 0 aliphatic heterocycles. The summed E-state index contributed by atoms with van der Waals surface area (Å²) in [5, 5.41) is 15.9. The van der Waals surface area contributed by atoms with E-state index in [1.807, 2.05) is 0 Å². The molecule has 0 N–H and O–H groups in total. The number of aromatic nitrogens is 3. The van der Waals surface area contributed by atoms with Gasteiger partial charge in [-0.05, 0) is 24.0 Å². The maximum Gasteiger partial charge on any atom is 0.273 e. The largest absolute Gasteiger partial charge is 0.494 e. The summed E-state index contributed by atoms with van der Waals surface area (Å²) >= 11 is 0. The van der Waals surface area contributed by atoms with Gasteiger partial charge in [-0.25, -0.2) is 0 Å². The second kappa shape index (κ2) is 3.71. The average molecular weight is 261 g/mol. The van der Waals surface area contributed by atoms with E-state index in [4.69, 9.17) is 4.74 Å². The smallest absolute Gasteiger partial charge is 0.273 e. The summed E-state index contributed by atoms with van der Waals surface area (Å²) in [6, 6.07) is 3.31. The van der Waals surface area contributed by atoms with Gasteiger partial charge in [0, 0.05) is 17.5 Å². The highest BCUT2D eigenvalue weighted by molar-refractivity contribution is 6.08. The van der Waals surface area contributed by atoms with E-state index in [0.29, 0.717) is 27.4 Å². The highest BCUT2D eigenvalue weighted by atomic mass is 16.8. The third kappa shape index (κ3) is 1.35. The molecule has 2 aromatic heterocycles. The summed E-state index contributed by atoms with van der Waals surface area (Å²) in [6.07, 6.45) is 0. The molecule has 19 heavy (non-hydrogen) atoms. The Morgan fingerprint density at radius 2 is 2.26 bits per heavy atom.